The van der Waals surface area contributed by atoms with Crippen molar-refractivity contribution >= 4 is 33.9 Å². The van der Waals surface area contributed by atoms with Crippen LogP contribution in [0.25, 0.3) is 32.5 Å². The highest BCUT2D eigenvalue weighted by Gasteiger charge is 2.07. The lowest BCUT2D eigenvalue weighted by molar-refractivity contribution is 0.112. The van der Waals surface area contributed by atoms with Crippen molar-refractivity contribution in [1.82, 2.24) is 4.90 Å². The minimum atomic E-state index is 0.0399. The van der Waals surface area contributed by atoms with Crippen molar-refractivity contribution in [1.29, 1.82) is 5.26 Å². The summed E-state index contributed by atoms with van der Waals surface area (Å²) in [4.78, 5) is 15.9. The van der Waals surface area contributed by atoms with Crippen molar-refractivity contribution in [3.63, 3.8) is 0 Å². The number of hydrogen-bond donors (Lipinski definition) is 1. The largest absolute Gasteiger partial charge is 0.507 e. The lowest BCUT2D eigenvalue weighted by Crippen LogP contribution is -2.15. The van der Waals surface area contributed by atoms with Crippen LogP contribution in [0.2, 0.25) is 0 Å². The molecule has 0 aliphatic heterocycles. The Morgan fingerprint density at radius 2 is 1.58 bits per heavy atom. The highest BCUT2D eigenvalue weighted by atomic mass is 16.5. The van der Waals surface area contributed by atoms with Crippen LogP contribution in [0.4, 0.5) is 0 Å². The van der Waals surface area contributed by atoms with Crippen LogP contribution in [0.3, 0.4) is 0 Å². The van der Waals surface area contributed by atoms with E-state index in [0.717, 1.165) is 45.6 Å². The molecular formula is C32H31N3O3. The van der Waals surface area contributed by atoms with Crippen LogP contribution < -0.4 is 4.74 Å². The zero-order valence-corrected chi connectivity index (χ0v) is 22.2. The molecule has 0 amide bonds. The second kappa shape index (κ2) is 13.1. The van der Waals surface area contributed by atoms with Crippen LogP contribution in [-0.4, -0.2) is 43.5 Å². The molecule has 4 rings (SSSR count). The van der Waals surface area contributed by atoms with Crippen LogP contribution in [0.1, 0.15) is 33.5 Å². The summed E-state index contributed by atoms with van der Waals surface area (Å²) < 4.78 is 5.94. The van der Waals surface area contributed by atoms with E-state index in [1.165, 1.54) is 5.56 Å². The zero-order chi connectivity index (χ0) is 27.7. The number of carbonyl (C=O) groups is 1. The van der Waals surface area contributed by atoms with Gasteiger partial charge in [0, 0.05) is 12.1 Å². The highest BCUT2D eigenvalue weighted by molar-refractivity contribution is 5.92. The summed E-state index contributed by atoms with van der Waals surface area (Å²) in [6.07, 6.45) is 3.16. The summed E-state index contributed by atoms with van der Waals surface area (Å²) in [5.74, 6) is 0.751. The molecule has 0 aromatic heterocycles. The van der Waals surface area contributed by atoms with Crippen LogP contribution >= 0.6 is 0 Å². The number of carbonyl (C=O) groups excluding carboxylic acids is 1. The lowest BCUT2D eigenvalue weighted by atomic mass is 10.0. The van der Waals surface area contributed by atoms with Gasteiger partial charge in [0.15, 0.2) is 6.29 Å². The molecule has 4 aromatic rings. The Hall–Kier alpha value is -4.65. The number of nitrogens with zero attached hydrogens (tertiary/aromatic N) is 3. The molecule has 0 spiro atoms. The summed E-state index contributed by atoms with van der Waals surface area (Å²) in [6, 6.07) is 21.3. The number of rotatable bonds is 7. The Kier molecular flexibility index (Phi) is 9.60. The SMILES string of the molecule is Cc1ccc2cc(C=O)c(O)cc2c1.[C-]#[N+]/C(C#N)=C\c1cc2ccc(C)cc2cc1OCCCN(C)C. The third-order valence-corrected chi connectivity index (χ3v) is 5.93. The first-order valence-electron chi connectivity index (χ1n) is 12.2. The van der Waals surface area contributed by atoms with Gasteiger partial charge >= 0.3 is 0 Å². The van der Waals surface area contributed by atoms with E-state index in [-0.39, 0.29) is 11.4 Å². The molecule has 0 bridgehead atoms. The summed E-state index contributed by atoms with van der Waals surface area (Å²) in [6.45, 7) is 12.7. The monoisotopic (exact) mass is 505 g/mol. The molecule has 0 heterocycles. The van der Waals surface area contributed by atoms with Gasteiger partial charge in [0.25, 0.3) is 5.70 Å². The summed E-state index contributed by atoms with van der Waals surface area (Å²) >= 11 is 0. The predicted molar refractivity (Wildman–Crippen MR) is 153 cm³/mol. The Bertz CT molecular complexity index is 1560. The van der Waals surface area contributed by atoms with Gasteiger partial charge in [-0.2, -0.15) is 0 Å². The predicted octanol–water partition coefficient (Wildman–Crippen LogP) is 6.93. The minimum Gasteiger partial charge on any atom is -0.507 e. The first kappa shape index (κ1) is 27.9. The molecule has 4 aromatic carbocycles. The molecule has 0 saturated heterocycles. The zero-order valence-electron chi connectivity index (χ0n) is 22.2. The normalized spacial score (nSPS) is 11.0. The van der Waals surface area contributed by atoms with Crippen LogP contribution in [0.5, 0.6) is 11.5 Å². The number of benzene rings is 4. The summed E-state index contributed by atoms with van der Waals surface area (Å²) in [5.41, 5.74) is 3.48. The lowest BCUT2D eigenvalue weighted by Gasteiger charge is -2.13. The van der Waals surface area contributed by atoms with Crippen molar-refractivity contribution in [2.45, 2.75) is 20.3 Å². The number of fused-ring (bicyclic) bond motifs is 2. The molecule has 0 aliphatic rings. The van der Waals surface area contributed by atoms with Gasteiger partial charge in [0.2, 0.25) is 0 Å². The van der Waals surface area contributed by atoms with E-state index in [0.29, 0.717) is 24.2 Å². The number of nitriles is 1. The van der Waals surface area contributed by atoms with Crippen LogP contribution in [0.15, 0.2) is 66.4 Å². The Morgan fingerprint density at radius 1 is 0.974 bits per heavy atom. The number of hydrogen-bond acceptors (Lipinski definition) is 5. The van der Waals surface area contributed by atoms with Crippen LogP contribution in [0, 0.1) is 31.8 Å². The van der Waals surface area contributed by atoms with Crippen molar-refractivity contribution in [3.05, 3.63) is 100 Å². The van der Waals surface area contributed by atoms with E-state index in [1.807, 2.05) is 69.6 Å². The molecule has 0 fully saturated rings. The highest BCUT2D eigenvalue weighted by Crippen LogP contribution is 2.29. The molecule has 0 atom stereocenters. The van der Waals surface area contributed by atoms with E-state index in [2.05, 4.69) is 22.7 Å². The smallest absolute Gasteiger partial charge is 0.262 e. The number of phenols is 1. The van der Waals surface area contributed by atoms with E-state index in [4.69, 9.17) is 16.6 Å². The Labute approximate surface area is 223 Å². The Morgan fingerprint density at radius 3 is 2.13 bits per heavy atom. The van der Waals surface area contributed by atoms with E-state index in [9.17, 15) is 9.90 Å². The maximum Gasteiger partial charge on any atom is 0.262 e. The molecule has 38 heavy (non-hydrogen) atoms. The van der Waals surface area contributed by atoms with Crippen molar-refractivity contribution in [2.24, 2.45) is 0 Å². The summed E-state index contributed by atoms with van der Waals surface area (Å²) in [5, 5.41) is 22.6. The van der Waals surface area contributed by atoms with Gasteiger partial charge in [-0.3, -0.25) is 4.79 Å². The van der Waals surface area contributed by atoms with Crippen molar-refractivity contribution in [3.8, 4) is 17.6 Å². The average molecular weight is 506 g/mol. The minimum absolute atomic E-state index is 0.0399. The maximum absolute atomic E-state index is 10.6. The number of ether oxygens (including phenoxy) is 1. The number of aryl methyl sites for hydroxylation is 2. The van der Waals surface area contributed by atoms with Crippen LogP contribution in [-0.2, 0) is 0 Å². The second-order valence-electron chi connectivity index (χ2n) is 9.38. The first-order chi connectivity index (χ1) is 18.2. The van der Waals surface area contributed by atoms with Crippen molar-refractivity contribution < 1.29 is 14.6 Å². The van der Waals surface area contributed by atoms with Gasteiger partial charge in [0.05, 0.1) is 24.8 Å². The average Bonchev–Trinajstić information content (AvgIpc) is 2.89. The number of phenolic OH excluding ortho intramolecular Hbond substituents is 1. The third kappa shape index (κ3) is 7.43. The molecule has 0 unspecified atom stereocenters. The molecule has 0 aliphatic carbocycles. The van der Waals surface area contributed by atoms with Crippen molar-refractivity contribution in [2.75, 3.05) is 27.2 Å². The van der Waals surface area contributed by atoms with E-state index < -0.39 is 0 Å². The van der Waals surface area contributed by atoms with Gasteiger partial charge in [-0.05, 0) is 86.3 Å². The molecule has 6 nitrogen and oxygen atoms in total. The van der Waals surface area contributed by atoms with Gasteiger partial charge in [0.1, 0.15) is 11.5 Å². The Balaban J connectivity index is 0.000000241. The fraction of sp³-hybridized carbons (Fsp3) is 0.219. The van der Waals surface area contributed by atoms with Gasteiger partial charge < -0.3 is 14.7 Å². The first-order valence-corrected chi connectivity index (χ1v) is 12.2. The number of aromatic hydroxyl groups is 1. The third-order valence-electron chi connectivity index (χ3n) is 5.93. The fourth-order valence-corrected chi connectivity index (χ4v) is 3.97. The van der Waals surface area contributed by atoms with E-state index in [1.54, 1.807) is 18.2 Å². The maximum atomic E-state index is 10.6. The molecular weight excluding hydrogens is 474 g/mol. The standard InChI is InChI=1S/C20H21N3O.C12H10O2/c1-15-6-7-16-11-18(12-19(14-21)22-2)20(13-17(16)10-15)24-9-5-8-23(3)4;1-8-2-3-9-5-11(7-13)12(14)6-10(9)4-8/h6-7,10-13H,5,8-9H2,1,3-4H3;2-7,14H,1H3/b19-12-;. The number of aldehydes is 1. The fourth-order valence-electron chi connectivity index (χ4n) is 3.97. The van der Waals surface area contributed by atoms with Gasteiger partial charge in [-0.25, -0.2) is 10.1 Å². The molecule has 6 heteroatoms. The summed E-state index contributed by atoms with van der Waals surface area (Å²) in [7, 11) is 4.06. The molecule has 1 N–H and O–H groups in total. The van der Waals surface area contributed by atoms with Gasteiger partial charge in [-0.15, -0.1) is 0 Å². The molecule has 0 radical (unpaired) electrons. The topological polar surface area (TPSA) is 77.9 Å². The van der Waals surface area contributed by atoms with E-state index >= 15 is 0 Å². The second-order valence-corrected chi connectivity index (χ2v) is 9.38. The molecule has 0 saturated carbocycles. The number of allylic oxidation sites excluding steroid dienone is 1. The molecule has 192 valence electrons. The van der Waals surface area contributed by atoms with Gasteiger partial charge in [-0.1, -0.05) is 47.5 Å². The quantitative estimate of drug-likeness (QED) is 0.128.